The monoisotopic (exact) mass is 400 g/mol. The van der Waals surface area contributed by atoms with E-state index in [0.29, 0.717) is 30.1 Å². The van der Waals surface area contributed by atoms with E-state index < -0.39 is 0 Å². The number of benzene rings is 2. The van der Waals surface area contributed by atoms with Crippen LogP contribution in [0.5, 0.6) is 0 Å². The van der Waals surface area contributed by atoms with Crippen molar-refractivity contribution in [1.29, 1.82) is 0 Å². The molecule has 154 valence electrons. The lowest BCUT2D eigenvalue weighted by Gasteiger charge is -2.36. The van der Waals surface area contributed by atoms with Crippen LogP contribution in [0.15, 0.2) is 77.4 Å². The van der Waals surface area contributed by atoms with Crippen molar-refractivity contribution in [2.24, 2.45) is 10.7 Å². The highest BCUT2D eigenvalue weighted by atomic mass is 16.2. The number of aliphatic imine (C=N–C) groups is 1. The second-order valence-electron chi connectivity index (χ2n) is 7.07. The summed E-state index contributed by atoms with van der Waals surface area (Å²) in [7, 11) is 3.37. The van der Waals surface area contributed by atoms with Gasteiger partial charge in [0.15, 0.2) is 0 Å². The van der Waals surface area contributed by atoms with Crippen LogP contribution in [0.1, 0.15) is 22.6 Å². The summed E-state index contributed by atoms with van der Waals surface area (Å²) in [4.78, 5) is 19.3. The highest BCUT2D eigenvalue weighted by molar-refractivity contribution is 6.44. The van der Waals surface area contributed by atoms with E-state index in [4.69, 9.17) is 5.73 Å². The van der Waals surface area contributed by atoms with Gasteiger partial charge in [0.25, 0.3) is 5.91 Å². The molecule has 0 aliphatic carbocycles. The Morgan fingerprint density at radius 2 is 1.90 bits per heavy atom. The second-order valence-corrected chi connectivity index (χ2v) is 7.07. The summed E-state index contributed by atoms with van der Waals surface area (Å²) in [6.07, 6.45) is 4.46. The van der Waals surface area contributed by atoms with E-state index in [1.165, 1.54) is 0 Å². The Hall–Kier alpha value is -3.67. The van der Waals surface area contributed by atoms with Gasteiger partial charge in [0.1, 0.15) is 5.71 Å². The van der Waals surface area contributed by atoms with Gasteiger partial charge in [-0.2, -0.15) is 6.21 Å². The van der Waals surface area contributed by atoms with Gasteiger partial charge in [-0.25, -0.2) is 0 Å². The van der Waals surface area contributed by atoms with Crippen LogP contribution in [-0.4, -0.2) is 43.4 Å². The zero-order chi connectivity index (χ0) is 21.5. The predicted molar refractivity (Wildman–Crippen MR) is 123 cm³/mol. The van der Waals surface area contributed by atoms with Gasteiger partial charge in [0.2, 0.25) is 0 Å². The lowest BCUT2D eigenvalue weighted by molar-refractivity contribution is -0.125. The molecule has 2 aromatic carbocycles. The van der Waals surface area contributed by atoms with Crippen molar-refractivity contribution < 1.29 is 4.79 Å². The molecule has 1 unspecified atom stereocenters. The molecule has 0 radical (unpaired) electrons. The molecule has 6 nitrogen and oxygen atoms in total. The smallest absolute Gasteiger partial charge is 0.272 e. The summed E-state index contributed by atoms with van der Waals surface area (Å²) >= 11 is 0. The third-order valence-electron chi connectivity index (χ3n) is 5.20. The number of rotatable bonds is 6. The Bertz CT molecular complexity index is 1010. The molecule has 0 aromatic heterocycles. The Morgan fingerprint density at radius 1 is 1.20 bits per heavy atom. The van der Waals surface area contributed by atoms with Gasteiger partial charge in [-0.15, -0.1) is 0 Å². The van der Waals surface area contributed by atoms with Crippen LogP contribution >= 0.6 is 0 Å². The molecule has 3 N–H and O–H groups in total. The Kier molecular flexibility index (Phi) is 6.80. The minimum atomic E-state index is -0.197. The number of nitrogens with one attached hydrogen (secondary N) is 1. The fraction of sp³-hybridized carbons (Fsp3) is 0.208. The van der Waals surface area contributed by atoms with Gasteiger partial charge in [0, 0.05) is 38.8 Å². The first kappa shape index (κ1) is 21.0. The Balaban J connectivity index is 1.92. The molecule has 0 spiro atoms. The zero-order valence-electron chi connectivity index (χ0n) is 17.2. The average molecular weight is 401 g/mol. The Morgan fingerprint density at radius 3 is 2.57 bits per heavy atom. The molecule has 1 amide bonds. The van der Waals surface area contributed by atoms with Crippen molar-refractivity contribution >= 4 is 23.5 Å². The van der Waals surface area contributed by atoms with E-state index in [1.807, 2.05) is 54.6 Å². The van der Waals surface area contributed by atoms with E-state index >= 15 is 0 Å². The number of hydrogen-bond donors (Lipinski definition) is 2. The molecule has 6 heteroatoms. The maximum atomic E-state index is 13.3. The number of nitrogens with two attached hydrogens (primary N) is 1. The van der Waals surface area contributed by atoms with Gasteiger partial charge in [0.05, 0.1) is 0 Å². The van der Waals surface area contributed by atoms with Gasteiger partial charge < -0.3 is 21.4 Å². The zero-order valence-corrected chi connectivity index (χ0v) is 17.2. The van der Waals surface area contributed by atoms with Crippen molar-refractivity contribution in [2.45, 2.75) is 12.5 Å². The van der Waals surface area contributed by atoms with E-state index in [0.717, 1.165) is 22.9 Å². The van der Waals surface area contributed by atoms with Gasteiger partial charge >= 0.3 is 0 Å². The maximum Gasteiger partial charge on any atom is 0.272 e. The van der Waals surface area contributed by atoms with Gasteiger partial charge in [-0.05, 0) is 34.5 Å². The third-order valence-corrected chi connectivity index (χ3v) is 5.20. The summed E-state index contributed by atoms with van der Waals surface area (Å²) in [6, 6.07) is 17.5. The fourth-order valence-electron chi connectivity index (χ4n) is 3.69. The van der Waals surface area contributed by atoms with Crippen LogP contribution < -0.4 is 11.1 Å². The fourth-order valence-corrected chi connectivity index (χ4v) is 3.69. The highest BCUT2D eigenvalue weighted by Crippen LogP contribution is 2.33. The van der Waals surface area contributed by atoms with Crippen LogP contribution in [0.4, 0.5) is 0 Å². The first-order valence-corrected chi connectivity index (χ1v) is 9.80. The van der Waals surface area contributed by atoms with Crippen LogP contribution in [0.25, 0.3) is 11.1 Å². The Labute approximate surface area is 177 Å². The molecule has 30 heavy (non-hydrogen) atoms. The SMILES string of the molecule is CN=C(/C=C(\N)c1ccccc1)C(=O)N1Cc2ccccc2C(/C(C=[N-])=C/NC)C1. The summed E-state index contributed by atoms with van der Waals surface area (Å²) in [5.41, 5.74) is 10.7. The summed E-state index contributed by atoms with van der Waals surface area (Å²) in [5, 5.41) is 12.7. The lowest BCUT2D eigenvalue weighted by Crippen LogP contribution is -2.42. The maximum absolute atomic E-state index is 13.3. The summed E-state index contributed by atoms with van der Waals surface area (Å²) in [6.45, 7) is 0.903. The summed E-state index contributed by atoms with van der Waals surface area (Å²) in [5.74, 6) is -0.345. The van der Waals surface area contributed by atoms with Crippen molar-refractivity contribution in [3.8, 4) is 0 Å². The third kappa shape index (κ3) is 4.49. The molecule has 1 aliphatic rings. The summed E-state index contributed by atoms with van der Waals surface area (Å²) < 4.78 is 0. The van der Waals surface area contributed by atoms with Crippen LogP contribution in [0, 0.1) is 0 Å². The minimum Gasteiger partial charge on any atom is -0.810 e. The largest absolute Gasteiger partial charge is 0.810 e. The molecule has 1 atom stereocenters. The van der Waals surface area contributed by atoms with E-state index in [1.54, 1.807) is 31.3 Å². The second kappa shape index (κ2) is 9.69. The topological polar surface area (TPSA) is 93.0 Å². The average Bonchev–Trinajstić information content (AvgIpc) is 2.80. The van der Waals surface area contributed by atoms with Crippen molar-refractivity contribution in [3.05, 3.63) is 94.5 Å². The van der Waals surface area contributed by atoms with Crippen molar-refractivity contribution in [3.63, 3.8) is 0 Å². The standard InChI is InChI=1S/C24H26N5O/c1-27-14-19(13-25)21-16-29(15-18-10-6-7-11-20(18)21)24(30)23(28-2)12-22(26)17-8-4-3-5-9-17/h3-14,21,27H,15-16,26H2,1-2H3/q-1/b19-14+,22-12-,28-23?. The minimum absolute atomic E-state index is 0.148. The number of fused-ring (bicyclic) bond motifs is 1. The first-order valence-electron chi connectivity index (χ1n) is 9.80. The van der Waals surface area contributed by atoms with Crippen molar-refractivity contribution in [1.82, 2.24) is 10.2 Å². The number of hydrogen-bond acceptors (Lipinski definition) is 4. The predicted octanol–water partition coefficient (Wildman–Crippen LogP) is 2.93. The molecule has 1 aliphatic heterocycles. The molecule has 0 bridgehead atoms. The van der Waals surface area contributed by atoms with Crippen molar-refractivity contribution in [2.75, 3.05) is 20.6 Å². The lowest BCUT2D eigenvalue weighted by atomic mass is 9.84. The van der Waals surface area contributed by atoms with E-state index in [2.05, 4.69) is 10.3 Å². The molecule has 0 saturated heterocycles. The van der Waals surface area contributed by atoms with Crippen LogP contribution in [-0.2, 0) is 11.3 Å². The van der Waals surface area contributed by atoms with Crippen LogP contribution in [0.2, 0.25) is 0 Å². The van der Waals surface area contributed by atoms with Gasteiger partial charge in [-0.1, -0.05) is 54.6 Å². The normalized spacial score (nSPS) is 17.3. The first-order chi connectivity index (χ1) is 14.6. The molecule has 2 aromatic rings. The highest BCUT2D eigenvalue weighted by Gasteiger charge is 2.30. The molecule has 1 heterocycles. The number of carbonyl (C=O) groups is 1. The number of carbonyl (C=O) groups excluding carboxylic acids is 1. The molecule has 0 fully saturated rings. The van der Waals surface area contributed by atoms with Gasteiger partial charge in [-0.3, -0.25) is 9.79 Å². The number of amides is 1. The molecular formula is C24H26N5O-. The molecule has 3 rings (SSSR count). The molecule has 0 saturated carbocycles. The van der Waals surface area contributed by atoms with E-state index in [9.17, 15) is 10.2 Å². The number of nitrogens with zero attached hydrogens (tertiary/aromatic N) is 3. The van der Waals surface area contributed by atoms with E-state index in [-0.39, 0.29) is 11.8 Å². The van der Waals surface area contributed by atoms with Crippen LogP contribution in [0.3, 0.4) is 0 Å². The quantitative estimate of drug-likeness (QED) is 0.730. The molecular weight excluding hydrogens is 374 g/mol.